The van der Waals surface area contributed by atoms with Crippen molar-refractivity contribution in [1.82, 2.24) is 0 Å². The first-order valence-electron chi connectivity index (χ1n) is 9.49. The normalized spacial score (nSPS) is 25.4. The molecule has 2 N–H and O–H groups in total. The van der Waals surface area contributed by atoms with Gasteiger partial charge in [-0.2, -0.15) is 0 Å². The number of rotatable bonds is 4. The van der Waals surface area contributed by atoms with E-state index in [4.69, 9.17) is 19.6 Å². The van der Waals surface area contributed by atoms with Crippen LogP contribution >= 0.6 is 0 Å². The predicted octanol–water partition coefficient (Wildman–Crippen LogP) is 3.39. The van der Waals surface area contributed by atoms with Gasteiger partial charge in [0.25, 0.3) is 0 Å². The highest BCUT2D eigenvalue weighted by Crippen LogP contribution is 2.29. The van der Waals surface area contributed by atoms with Gasteiger partial charge >= 0.3 is 11.9 Å². The maximum Gasteiger partial charge on any atom is 0.374 e. The molecule has 1 saturated heterocycles. The number of carbonyl (C=O) groups excluding carboxylic acids is 2. The number of halogens is 2. The van der Waals surface area contributed by atoms with E-state index in [0.29, 0.717) is 19.3 Å². The van der Waals surface area contributed by atoms with E-state index in [9.17, 15) is 18.4 Å². The van der Waals surface area contributed by atoms with Crippen LogP contribution in [-0.4, -0.2) is 30.2 Å². The summed E-state index contributed by atoms with van der Waals surface area (Å²) in [7, 11) is 0. The Balaban J connectivity index is 1.88. The largest absolute Gasteiger partial charge is 0.458 e. The number of nitrogens with two attached hydrogens (primary N) is 1. The number of benzene rings is 1. The third kappa shape index (κ3) is 5.20. The Morgan fingerprint density at radius 1 is 1.28 bits per heavy atom. The van der Waals surface area contributed by atoms with Crippen molar-refractivity contribution < 1.29 is 32.3 Å². The minimum atomic E-state index is -0.855. The third-order valence-electron chi connectivity index (χ3n) is 5.08. The lowest BCUT2D eigenvalue weighted by molar-refractivity contribution is -0.157. The predicted molar refractivity (Wildman–Crippen MR) is 98.8 cm³/mol. The van der Waals surface area contributed by atoms with Crippen molar-refractivity contribution in [2.75, 3.05) is 0 Å². The molecule has 0 aliphatic carbocycles. The van der Waals surface area contributed by atoms with Crippen molar-refractivity contribution in [3.8, 4) is 0 Å². The molecule has 1 fully saturated rings. The summed E-state index contributed by atoms with van der Waals surface area (Å²) in [6.45, 7) is 1.60. The van der Waals surface area contributed by atoms with Gasteiger partial charge in [-0.05, 0) is 49.9 Å². The second kappa shape index (κ2) is 9.17. The van der Waals surface area contributed by atoms with E-state index in [1.54, 1.807) is 13.0 Å². The Morgan fingerprint density at radius 2 is 2.07 bits per heavy atom. The topological polar surface area (TPSA) is 91.8 Å². The highest BCUT2D eigenvalue weighted by atomic mass is 19.1. The highest BCUT2D eigenvalue weighted by molar-refractivity contribution is 5.86. The fourth-order valence-electron chi connectivity index (χ4n) is 3.56. The number of hydrogen-bond donors (Lipinski definition) is 1. The van der Waals surface area contributed by atoms with Crippen LogP contribution in [-0.2, 0) is 20.7 Å². The standard InChI is InChI=1S/C21H23F2NO5/c1-12-19(29-21(26)18-6-3-9-27-18)14(4-2-5-17(24)20(25)28-12)10-13-7-8-15(22)11-16(13)23/h3,6-9,11-12,14,17,19H,2,4-5,10,24H2,1H3/t12-,14+,17-,19-/m0/s1. The Kier molecular flexibility index (Phi) is 6.64. The van der Waals surface area contributed by atoms with Gasteiger partial charge in [0.05, 0.1) is 6.26 Å². The van der Waals surface area contributed by atoms with Crippen LogP contribution in [0.2, 0.25) is 0 Å². The smallest absolute Gasteiger partial charge is 0.374 e. The lowest BCUT2D eigenvalue weighted by Crippen LogP contribution is -2.41. The molecule has 0 saturated carbocycles. The Morgan fingerprint density at radius 3 is 2.76 bits per heavy atom. The van der Waals surface area contributed by atoms with Crippen LogP contribution in [0.15, 0.2) is 41.0 Å². The van der Waals surface area contributed by atoms with Crippen LogP contribution in [0.25, 0.3) is 0 Å². The summed E-state index contributed by atoms with van der Waals surface area (Å²) in [6.07, 6.45) is 1.33. The Hall–Kier alpha value is -2.74. The molecule has 29 heavy (non-hydrogen) atoms. The van der Waals surface area contributed by atoms with Crippen LogP contribution in [0.4, 0.5) is 8.78 Å². The maximum atomic E-state index is 14.2. The van der Waals surface area contributed by atoms with Gasteiger partial charge in [-0.1, -0.05) is 12.5 Å². The molecule has 2 heterocycles. The van der Waals surface area contributed by atoms with Crippen LogP contribution in [0, 0.1) is 17.6 Å². The zero-order valence-corrected chi connectivity index (χ0v) is 16.0. The highest BCUT2D eigenvalue weighted by Gasteiger charge is 2.36. The number of hydrogen-bond acceptors (Lipinski definition) is 6. The molecule has 0 radical (unpaired) electrons. The molecule has 4 atom stereocenters. The first-order chi connectivity index (χ1) is 13.8. The first-order valence-corrected chi connectivity index (χ1v) is 9.49. The zero-order chi connectivity index (χ0) is 21.0. The van der Waals surface area contributed by atoms with Gasteiger partial charge in [0.2, 0.25) is 5.76 Å². The summed E-state index contributed by atoms with van der Waals surface area (Å²) in [5, 5.41) is 0. The summed E-state index contributed by atoms with van der Waals surface area (Å²) in [5.41, 5.74) is 6.13. The van der Waals surface area contributed by atoms with Gasteiger partial charge in [0.1, 0.15) is 29.9 Å². The van der Waals surface area contributed by atoms with Crippen molar-refractivity contribution in [1.29, 1.82) is 0 Å². The van der Waals surface area contributed by atoms with Crippen LogP contribution in [0.1, 0.15) is 42.3 Å². The molecule has 2 aromatic rings. The third-order valence-corrected chi connectivity index (χ3v) is 5.08. The van der Waals surface area contributed by atoms with Crippen molar-refractivity contribution in [3.05, 3.63) is 59.6 Å². The lowest BCUT2D eigenvalue weighted by Gasteiger charge is -2.30. The van der Waals surface area contributed by atoms with Crippen LogP contribution in [0.5, 0.6) is 0 Å². The average Bonchev–Trinajstić information content (AvgIpc) is 3.21. The van der Waals surface area contributed by atoms with E-state index >= 15 is 0 Å². The minimum Gasteiger partial charge on any atom is -0.458 e. The molecule has 0 bridgehead atoms. The number of carbonyl (C=O) groups is 2. The van der Waals surface area contributed by atoms with Gasteiger partial charge in [-0.3, -0.25) is 4.79 Å². The lowest BCUT2D eigenvalue weighted by atomic mass is 9.86. The van der Waals surface area contributed by atoms with Gasteiger partial charge in [0.15, 0.2) is 0 Å². The molecule has 1 aliphatic rings. The number of ether oxygens (including phenoxy) is 2. The fourth-order valence-corrected chi connectivity index (χ4v) is 3.56. The summed E-state index contributed by atoms with van der Waals surface area (Å²) < 4.78 is 43.6. The summed E-state index contributed by atoms with van der Waals surface area (Å²) >= 11 is 0. The van der Waals surface area contributed by atoms with Crippen molar-refractivity contribution in [2.24, 2.45) is 11.7 Å². The number of esters is 2. The molecule has 6 nitrogen and oxygen atoms in total. The number of cyclic esters (lactones) is 1. The van der Waals surface area contributed by atoms with Crippen molar-refractivity contribution in [3.63, 3.8) is 0 Å². The molecule has 1 aliphatic heterocycles. The zero-order valence-electron chi connectivity index (χ0n) is 16.0. The van der Waals surface area contributed by atoms with Gasteiger partial charge in [-0.15, -0.1) is 0 Å². The maximum absolute atomic E-state index is 14.2. The molecule has 0 amide bonds. The SMILES string of the molecule is C[C@@H]1OC(=O)[C@@H](N)CCC[C@H](Cc2ccc(F)cc2F)[C@H]1OC(=O)c1ccco1. The first kappa shape index (κ1) is 21.0. The molecule has 156 valence electrons. The summed E-state index contributed by atoms with van der Waals surface area (Å²) in [5.74, 6) is -3.01. The van der Waals surface area contributed by atoms with E-state index in [1.807, 2.05) is 0 Å². The average molecular weight is 407 g/mol. The molecular formula is C21H23F2NO5. The summed E-state index contributed by atoms with van der Waals surface area (Å²) in [6, 6.07) is 5.59. The molecule has 8 heteroatoms. The van der Waals surface area contributed by atoms with Gasteiger partial charge in [0, 0.05) is 12.0 Å². The van der Waals surface area contributed by atoms with E-state index in [-0.39, 0.29) is 23.7 Å². The second-order valence-electron chi connectivity index (χ2n) is 7.23. The Labute approximate surface area is 167 Å². The number of furan rings is 1. The van der Waals surface area contributed by atoms with Crippen LogP contribution in [0.3, 0.4) is 0 Å². The minimum absolute atomic E-state index is 0.00631. The van der Waals surface area contributed by atoms with Crippen molar-refractivity contribution in [2.45, 2.75) is 50.9 Å². The molecule has 1 aromatic carbocycles. The van der Waals surface area contributed by atoms with Gasteiger partial charge in [-0.25, -0.2) is 13.6 Å². The molecule has 0 spiro atoms. The molecule has 3 rings (SSSR count). The molecule has 1 aromatic heterocycles. The van der Waals surface area contributed by atoms with Gasteiger partial charge < -0.3 is 19.6 Å². The van der Waals surface area contributed by atoms with E-state index < -0.39 is 41.8 Å². The van der Waals surface area contributed by atoms with E-state index in [0.717, 1.165) is 6.07 Å². The van der Waals surface area contributed by atoms with E-state index in [1.165, 1.54) is 24.5 Å². The second-order valence-corrected chi connectivity index (χ2v) is 7.23. The molecular weight excluding hydrogens is 384 g/mol. The van der Waals surface area contributed by atoms with Crippen LogP contribution < -0.4 is 5.73 Å². The monoisotopic (exact) mass is 407 g/mol. The van der Waals surface area contributed by atoms with E-state index in [2.05, 4.69) is 0 Å². The quantitative estimate of drug-likeness (QED) is 0.782. The molecule has 0 unspecified atom stereocenters. The summed E-state index contributed by atoms with van der Waals surface area (Å²) in [4.78, 5) is 24.6. The Bertz CT molecular complexity index is 855. The van der Waals surface area contributed by atoms with Crippen molar-refractivity contribution >= 4 is 11.9 Å². The fraction of sp³-hybridized carbons (Fsp3) is 0.429.